The highest BCUT2D eigenvalue weighted by molar-refractivity contribution is 7.89. The molecule has 8 nitrogen and oxygen atoms in total. The number of piperidine rings is 1. The minimum Gasteiger partial charge on any atom is -0.494 e. The normalized spacial score (nSPS) is 14.5. The maximum atomic E-state index is 13.0. The van der Waals surface area contributed by atoms with Crippen molar-refractivity contribution in [1.29, 1.82) is 0 Å². The van der Waals surface area contributed by atoms with E-state index in [9.17, 15) is 13.2 Å². The number of ether oxygens (including phenoxy) is 2. The number of carbonyl (C=O) groups is 1. The van der Waals surface area contributed by atoms with Gasteiger partial charge in [-0.1, -0.05) is 12.5 Å². The van der Waals surface area contributed by atoms with Gasteiger partial charge in [0, 0.05) is 24.8 Å². The van der Waals surface area contributed by atoms with Gasteiger partial charge in [-0.3, -0.25) is 4.79 Å². The Bertz CT molecular complexity index is 1070. The van der Waals surface area contributed by atoms with Crippen molar-refractivity contribution in [1.82, 2.24) is 4.31 Å². The zero-order valence-electron chi connectivity index (χ0n) is 19.5. The molecule has 0 aliphatic carbocycles. The highest BCUT2D eigenvalue weighted by Crippen LogP contribution is 2.29. The predicted molar refractivity (Wildman–Crippen MR) is 130 cm³/mol. The summed E-state index contributed by atoms with van der Waals surface area (Å²) >= 11 is 0. The van der Waals surface area contributed by atoms with E-state index in [1.807, 2.05) is 26.8 Å². The van der Waals surface area contributed by atoms with E-state index in [0.717, 1.165) is 24.8 Å². The summed E-state index contributed by atoms with van der Waals surface area (Å²) in [6, 6.07) is 10.3. The van der Waals surface area contributed by atoms with Crippen molar-refractivity contribution in [2.75, 3.05) is 43.5 Å². The van der Waals surface area contributed by atoms with Crippen LogP contribution in [0.3, 0.4) is 0 Å². The summed E-state index contributed by atoms with van der Waals surface area (Å²) in [5, 5.41) is 5.92. The summed E-state index contributed by atoms with van der Waals surface area (Å²) < 4.78 is 38.7. The minimum absolute atomic E-state index is 0.0157. The summed E-state index contributed by atoms with van der Waals surface area (Å²) in [4.78, 5) is 12.9. The highest BCUT2D eigenvalue weighted by atomic mass is 32.2. The SMILES string of the molecule is CCOc1ccc(OCC)c(NCC(=O)Nc2cc(S(=O)(=O)N3CCCCC3)ccc2C)c1. The second-order valence-electron chi connectivity index (χ2n) is 7.87. The number of carbonyl (C=O) groups excluding carboxylic acids is 1. The molecule has 1 aliphatic heterocycles. The fraction of sp³-hybridized carbons (Fsp3) is 0.458. The smallest absolute Gasteiger partial charge is 0.243 e. The Hall–Kier alpha value is -2.78. The van der Waals surface area contributed by atoms with Gasteiger partial charge in [0.05, 0.1) is 30.3 Å². The van der Waals surface area contributed by atoms with Gasteiger partial charge in [0.2, 0.25) is 15.9 Å². The van der Waals surface area contributed by atoms with Gasteiger partial charge in [-0.05, 0) is 63.4 Å². The van der Waals surface area contributed by atoms with Crippen LogP contribution in [0, 0.1) is 6.92 Å². The van der Waals surface area contributed by atoms with Crippen molar-refractivity contribution < 1.29 is 22.7 Å². The zero-order chi connectivity index (χ0) is 23.8. The Morgan fingerprint density at radius 1 is 0.970 bits per heavy atom. The molecule has 180 valence electrons. The maximum Gasteiger partial charge on any atom is 0.243 e. The molecule has 1 saturated heterocycles. The molecule has 2 aromatic rings. The van der Waals surface area contributed by atoms with Crippen LogP contribution in [0.5, 0.6) is 11.5 Å². The summed E-state index contributed by atoms with van der Waals surface area (Å²) in [5.74, 6) is 1.00. The molecule has 1 aliphatic rings. The molecule has 1 fully saturated rings. The van der Waals surface area contributed by atoms with Crippen LogP contribution in [0.4, 0.5) is 11.4 Å². The topological polar surface area (TPSA) is 97.0 Å². The van der Waals surface area contributed by atoms with Crippen LogP contribution in [0.15, 0.2) is 41.3 Å². The molecule has 0 spiro atoms. The molecule has 2 aromatic carbocycles. The standard InChI is InChI=1S/C24H33N3O5S/c1-4-31-19-10-12-23(32-5-2)22(15-19)25-17-24(28)26-21-16-20(11-9-18(21)3)33(29,30)27-13-7-6-8-14-27/h9-12,15-16,25H,4-8,13-14,17H2,1-3H3,(H,26,28). The van der Waals surface area contributed by atoms with Crippen molar-refractivity contribution >= 4 is 27.3 Å². The number of nitrogens with zero attached hydrogens (tertiary/aromatic N) is 1. The number of aryl methyl sites for hydroxylation is 1. The first-order valence-corrected chi connectivity index (χ1v) is 12.8. The van der Waals surface area contributed by atoms with Crippen LogP contribution >= 0.6 is 0 Å². The number of hydrogen-bond acceptors (Lipinski definition) is 6. The van der Waals surface area contributed by atoms with E-state index in [4.69, 9.17) is 9.47 Å². The van der Waals surface area contributed by atoms with E-state index in [-0.39, 0.29) is 17.3 Å². The van der Waals surface area contributed by atoms with Gasteiger partial charge in [0.1, 0.15) is 11.5 Å². The van der Waals surface area contributed by atoms with Crippen LogP contribution in [0.25, 0.3) is 0 Å². The number of amides is 1. The van der Waals surface area contributed by atoms with Gasteiger partial charge in [0.25, 0.3) is 0 Å². The highest BCUT2D eigenvalue weighted by Gasteiger charge is 2.26. The molecule has 1 heterocycles. The molecule has 0 bridgehead atoms. The molecule has 9 heteroatoms. The third-order valence-corrected chi connectivity index (χ3v) is 7.33. The van der Waals surface area contributed by atoms with Crippen molar-refractivity contribution in [2.24, 2.45) is 0 Å². The van der Waals surface area contributed by atoms with Gasteiger partial charge >= 0.3 is 0 Å². The quantitative estimate of drug-likeness (QED) is 0.539. The average molecular weight is 476 g/mol. The van der Waals surface area contributed by atoms with Crippen molar-refractivity contribution in [3.63, 3.8) is 0 Å². The first-order chi connectivity index (χ1) is 15.8. The molecule has 0 aromatic heterocycles. The van der Waals surface area contributed by atoms with Gasteiger partial charge in [-0.15, -0.1) is 0 Å². The number of sulfonamides is 1. The van der Waals surface area contributed by atoms with E-state index < -0.39 is 10.0 Å². The van der Waals surface area contributed by atoms with E-state index in [0.29, 0.717) is 49.2 Å². The molecule has 1 amide bonds. The number of rotatable bonds is 10. The summed E-state index contributed by atoms with van der Waals surface area (Å²) in [7, 11) is -3.58. The van der Waals surface area contributed by atoms with E-state index in [1.165, 1.54) is 4.31 Å². The van der Waals surface area contributed by atoms with Crippen molar-refractivity contribution in [2.45, 2.75) is 44.9 Å². The van der Waals surface area contributed by atoms with Gasteiger partial charge in [-0.25, -0.2) is 8.42 Å². The fourth-order valence-corrected chi connectivity index (χ4v) is 5.25. The first-order valence-electron chi connectivity index (χ1n) is 11.4. The Kier molecular flexibility index (Phi) is 8.57. The van der Waals surface area contributed by atoms with Gasteiger partial charge in [-0.2, -0.15) is 4.31 Å². The third kappa shape index (κ3) is 6.39. The van der Waals surface area contributed by atoms with Gasteiger partial charge in [0.15, 0.2) is 0 Å². The number of benzene rings is 2. The Morgan fingerprint density at radius 2 is 1.70 bits per heavy atom. The Balaban J connectivity index is 1.71. The first kappa shape index (κ1) is 24.9. The lowest BCUT2D eigenvalue weighted by Crippen LogP contribution is -2.35. The average Bonchev–Trinajstić information content (AvgIpc) is 2.81. The molecule has 3 rings (SSSR count). The van der Waals surface area contributed by atoms with Crippen molar-refractivity contribution in [3.8, 4) is 11.5 Å². The summed E-state index contributed by atoms with van der Waals surface area (Å²) in [6.45, 7) is 7.70. The predicted octanol–water partition coefficient (Wildman–Crippen LogP) is 4.02. The number of nitrogens with one attached hydrogen (secondary N) is 2. The Morgan fingerprint density at radius 3 is 2.39 bits per heavy atom. The molecule has 2 N–H and O–H groups in total. The third-order valence-electron chi connectivity index (χ3n) is 5.44. The summed E-state index contributed by atoms with van der Waals surface area (Å²) in [6.07, 6.45) is 2.79. The fourth-order valence-electron chi connectivity index (χ4n) is 3.71. The second-order valence-corrected chi connectivity index (χ2v) is 9.81. The van der Waals surface area contributed by atoms with Gasteiger partial charge < -0.3 is 20.1 Å². The monoisotopic (exact) mass is 475 g/mol. The lowest BCUT2D eigenvalue weighted by Gasteiger charge is -2.26. The van der Waals surface area contributed by atoms with E-state index in [1.54, 1.807) is 30.3 Å². The maximum absolute atomic E-state index is 13.0. The Labute approximate surface area is 196 Å². The molecule has 0 atom stereocenters. The van der Waals surface area contributed by atoms with Crippen LogP contribution in [-0.4, -0.2) is 51.5 Å². The number of anilines is 2. The largest absolute Gasteiger partial charge is 0.494 e. The zero-order valence-corrected chi connectivity index (χ0v) is 20.3. The molecule has 33 heavy (non-hydrogen) atoms. The molecule has 0 saturated carbocycles. The van der Waals surface area contributed by atoms with Crippen LogP contribution in [0.2, 0.25) is 0 Å². The molecular formula is C24H33N3O5S. The lowest BCUT2D eigenvalue weighted by atomic mass is 10.2. The van der Waals surface area contributed by atoms with Crippen LogP contribution in [-0.2, 0) is 14.8 Å². The van der Waals surface area contributed by atoms with Crippen molar-refractivity contribution in [3.05, 3.63) is 42.0 Å². The lowest BCUT2D eigenvalue weighted by molar-refractivity contribution is -0.114. The molecule has 0 unspecified atom stereocenters. The second kappa shape index (κ2) is 11.4. The summed E-state index contributed by atoms with van der Waals surface area (Å²) in [5.41, 5.74) is 1.92. The number of hydrogen-bond donors (Lipinski definition) is 2. The minimum atomic E-state index is -3.58. The van der Waals surface area contributed by atoms with E-state index >= 15 is 0 Å². The molecular weight excluding hydrogens is 442 g/mol. The molecule has 0 radical (unpaired) electrons. The van der Waals surface area contributed by atoms with Crippen LogP contribution < -0.4 is 20.1 Å². The van der Waals surface area contributed by atoms with Crippen LogP contribution in [0.1, 0.15) is 38.7 Å². The van der Waals surface area contributed by atoms with E-state index in [2.05, 4.69) is 10.6 Å².